The van der Waals surface area contributed by atoms with Gasteiger partial charge in [-0.1, -0.05) is 26.3 Å². The molecule has 0 aromatic carbocycles. The second-order valence-electron chi connectivity index (χ2n) is 12.1. The number of nitriles is 1. The van der Waals surface area contributed by atoms with E-state index in [9.17, 15) is 5.26 Å². The van der Waals surface area contributed by atoms with E-state index in [0.29, 0.717) is 17.5 Å². The molecule has 0 spiro atoms. The molecule has 222 valence electrons. The quantitative estimate of drug-likeness (QED) is 0.183. The van der Waals surface area contributed by atoms with Gasteiger partial charge in [0.15, 0.2) is 0 Å². The Morgan fingerprint density at radius 2 is 2.00 bits per heavy atom. The van der Waals surface area contributed by atoms with Crippen molar-refractivity contribution in [3.05, 3.63) is 60.1 Å². The summed E-state index contributed by atoms with van der Waals surface area (Å²) in [6.45, 7) is 7.62. The fraction of sp³-hybridized carbons (Fsp3) is 0.529. The number of fused-ring (bicyclic) bond motifs is 1. The molecule has 5 rings (SSSR count). The van der Waals surface area contributed by atoms with Gasteiger partial charge in [-0.25, -0.2) is 9.50 Å². The van der Waals surface area contributed by atoms with E-state index in [1.165, 1.54) is 44.3 Å². The largest absolute Gasteiger partial charge is 0.370 e. The van der Waals surface area contributed by atoms with Gasteiger partial charge in [-0.15, -0.1) is 0 Å². The fourth-order valence-corrected chi connectivity index (χ4v) is 6.14. The average Bonchev–Trinajstić information content (AvgIpc) is 3.41. The number of piperidine rings is 1. The highest BCUT2D eigenvalue weighted by molar-refractivity contribution is 5.94. The summed E-state index contributed by atoms with van der Waals surface area (Å²) in [4.78, 5) is 7.17. The molecule has 1 aliphatic carbocycles. The molecule has 8 nitrogen and oxygen atoms in total. The summed E-state index contributed by atoms with van der Waals surface area (Å²) in [7, 11) is 2.22. The second-order valence-corrected chi connectivity index (χ2v) is 12.1. The van der Waals surface area contributed by atoms with E-state index in [1.807, 2.05) is 16.8 Å². The SMILES string of the molecule is CC/C=C\C(CC)=N/NC1CC(CNc2ccc(-c3cc(CCCC4CCN(C)CC4)cn4ncc(C#N)c34)cn2)C1. The molecule has 8 heteroatoms. The first-order valence-corrected chi connectivity index (χ1v) is 15.8. The minimum atomic E-state index is 0.452. The number of hydrazone groups is 1. The Morgan fingerprint density at radius 1 is 1.17 bits per heavy atom. The van der Waals surface area contributed by atoms with Crippen LogP contribution in [0.15, 0.2) is 54.0 Å². The van der Waals surface area contributed by atoms with Crippen LogP contribution in [0.5, 0.6) is 0 Å². The summed E-state index contributed by atoms with van der Waals surface area (Å²) < 4.78 is 1.87. The Labute approximate surface area is 250 Å². The first-order valence-electron chi connectivity index (χ1n) is 15.8. The maximum absolute atomic E-state index is 9.74. The monoisotopic (exact) mass is 566 g/mol. The van der Waals surface area contributed by atoms with E-state index in [4.69, 9.17) is 4.98 Å². The van der Waals surface area contributed by atoms with Gasteiger partial charge in [0.05, 0.1) is 23.0 Å². The highest BCUT2D eigenvalue weighted by Gasteiger charge is 2.28. The average molecular weight is 567 g/mol. The molecule has 1 saturated heterocycles. The minimum Gasteiger partial charge on any atom is -0.370 e. The number of nitrogens with one attached hydrogen (secondary N) is 2. The minimum absolute atomic E-state index is 0.452. The smallest absolute Gasteiger partial charge is 0.125 e. The van der Waals surface area contributed by atoms with Crippen LogP contribution in [0.2, 0.25) is 0 Å². The Morgan fingerprint density at radius 3 is 2.71 bits per heavy atom. The van der Waals surface area contributed by atoms with E-state index in [-0.39, 0.29) is 0 Å². The molecule has 1 saturated carbocycles. The Kier molecular flexibility index (Phi) is 10.3. The van der Waals surface area contributed by atoms with Gasteiger partial charge in [0.1, 0.15) is 11.9 Å². The van der Waals surface area contributed by atoms with Gasteiger partial charge < -0.3 is 15.6 Å². The number of anilines is 1. The fourth-order valence-electron chi connectivity index (χ4n) is 6.14. The van der Waals surface area contributed by atoms with Crippen molar-refractivity contribution in [2.45, 2.75) is 77.7 Å². The normalized spacial score (nSPS) is 20.1. The highest BCUT2D eigenvalue weighted by Crippen LogP contribution is 2.31. The summed E-state index contributed by atoms with van der Waals surface area (Å²) in [5.41, 5.74) is 9.19. The maximum Gasteiger partial charge on any atom is 0.125 e. The third kappa shape index (κ3) is 7.57. The zero-order chi connectivity index (χ0) is 29.3. The standard InChI is InChI=1S/C34H46N8/c1-4-6-10-30(5-2)39-40-31-17-27(18-31)21-36-33-12-11-28(22-37-33)32-19-26(24-42-34(32)29(20-35)23-38-42)9-7-8-25-13-15-41(3)16-14-25/h6,10-12,19,22-25,27,31,40H,4-5,7-9,13-18,21H2,1-3H3,(H,36,37)/b10-6-,39-30-. The van der Waals surface area contributed by atoms with Crippen molar-refractivity contribution in [1.29, 1.82) is 5.26 Å². The highest BCUT2D eigenvalue weighted by atomic mass is 15.3. The zero-order valence-corrected chi connectivity index (χ0v) is 25.5. The lowest BCUT2D eigenvalue weighted by atomic mass is 9.80. The molecule has 3 aromatic rings. The Bertz CT molecular complexity index is 1400. The second kappa shape index (κ2) is 14.5. The molecule has 2 fully saturated rings. The van der Waals surface area contributed by atoms with Gasteiger partial charge in [0.2, 0.25) is 0 Å². The lowest BCUT2D eigenvalue weighted by molar-refractivity contribution is 0.210. The summed E-state index contributed by atoms with van der Waals surface area (Å²) >= 11 is 0. The molecule has 0 atom stereocenters. The van der Waals surface area contributed by atoms with Crippen molar-refractivity contribution in [3.8, 4) is 17.2 Å². The van der Waals surface area contributed by atoms with Gasteiger partial charge in [-0.3, -0.25) is 0 Å². The van der Waals surface area contributed by atoms with E-state index in [1.54, 1.807) is 6.20 Å². The molecule has 0 radical (unpaired) electrons. The van der Waals surface area contributed by atoms with E-state index < -0.39 is 0 Å². The van der Waals surface area contributed by atoms with E-state index in [2.05, 4.69) is 83.3 Å². The Hall–Kier alpha value is -3.70. The number of aryl methyl sites for hydroxylation is 1. The van der Waals surface area contributed by atoms with Crippen molar-refractivity contribution >= 4 is 17.0 Å². The summed E-state index contributed by atoms with van der Waals surface area (Å²) in [5, 5.41) is 22.4. The summed E-state index contributed by atoms with van der Waals surface area (Å²) in [6, 6.07) is 9.17. The van der Waals surface area contributed by atoms with Crippen LogP contribution in [0, 0.1) is 23.2 Å². The van der Waals surface area contributed by atoms with Crippen LogP contribution in [0.4, 0.5) is 5.82 Å². The molecular formula is C34H46N8. The third-order valence-corrected chi connectivity index (χ3v) is 8.89. The number of likely N-dealkylation sites (tertiary alicyclic amines) is 1. The molecule has 0 bridgehead atoms. The molecule has 4 heterocycles. The van der Waals surface area contributed by atoms with E-state index in [0.717, 1.165) is 72.7 Å². The Balaban J connectivity index is 1.17. The van der Waals surface area contributed by atoms with Crippen LogP contribution < -0.4 is 10.7 Å². The molecule has 0 unspecified atom stereocenters. The van der Waals surface area contributed by atoms with Crippen molar-refractivity contribution in [3.63, 3.8) is 0 Å². The number of allylic oxidation sites excluding steroid dienone is 2. The number of aromatic nitrogens is 3. The van der Waals surface area contributed by atoms with Crippen molar-refractivity contribution < 1.29 is 0 Å². The first kappa shape index (κ1) is 29.8. The molecule has 3 aromatic heterocycles. The molecule has 2 aliphatic rings. The van der Waals surface area contributed by atoms with Crippen LogP contribution >= 0.6 is 0 Å². The van der Waals surface area contributed by atoms with Crippen molar-refractivity contribution in [1.82, 2.24) is 24.9 Å². The molecule has 42 heavy (non-hydrogen) atoms. The lowest BCUT2D eigenvalue weighted by Gasteiger charge is -2.35. The predicted octanol–water partition coefficient (Wildman–Crippen LogP) is 6.44. The number of hydrogen-bond acceptors (Lipinski definition) is 7. The molecule has 0 amide bonds. The maximum atomic E-state index is 9.74. The molecular weight excluding hydrogens is 520 g/mol. The number of hydrogen-bond donors (Lipinski definition) is 2. The van der Waals surface area contributed by atoms with Crippen molar-refractivity contribution in [2.24, 2.45) is 16.9 Å². The van der Waals surface area contributed by atoms with E-state index >= 15 is 0 Å². The van der Waals surface area contributed by atoms with Gasteiger partial charge in [-0.05, 0) is 113 Å². The van der Waals surface area contributed by atoms with Gasteiger partial charge >= 0.3 is 0 Å². The van der Waals surface area contributed by atoms with Gasteiger partial charge in [0, 0.05) is 36.1 Å². The topological polar surface area (TPSA) is 93.6 Å². The van der Waals surface area contributed by atoms with Gasteiger partial charge in [0.25, 0.3) is 0 Å². The number of pyridine rings is 2. The number of rotatable bonds is 13. The van der Waals surface area contributed by atoms with Crippen LogP contribution in [0.25, 0.3) is 16.6 Å². The zero-order valence-electron chi connectivity index (χ0n) is 25.5. The summed E-state index contributed by atoms with van der Waals surface area (Å²) in [5.74, 6) is 2.33. The van der Waals surface area contributed by atoms with Crippen LogP contribution in [0.3, 0.4) is 0 Å². The van der Waals surface area contributed by atoms with Crippen molar-refractivity contribution in [2.75, 3.05) is 32.0 Å². The first-order chi connectivity index (χ1) is 20.6. The molecule has 1 aliphatic heterocycles. The van der Waals surface area contributed by atoms with Crippen LogP contribution in [0.1, 0.15) is 76.3 Å². The van der Waals surface area contributed by atoms with Crippen LogP contribution in [-0.2, 0) is 6.42 Å². The summed E-state index contributed by atoms with van der Waals surface area (Å²) in [6.07, 6.45) is 20.2. The third-order valence-electron chi connectivity index (χ3n) is 8.89. The predicted molar refractivity (Wildman–Crippen MR) is 172 cm³/mol. The molecule has 2 N–H and O–H groups in total. The van der Waals surface area contributed by atoms with Gasteiger partial charge in [-0.2, -0.15) is 15.5 Å². The van der Waals surface area contributed by atoms with Crippen LogP contribution in [-0.4, -0.2) is 57.9 Å². The number of nitrogens with zero attached hydrogens (tertiary/aromatic N) is 6. The lowest BCUT2D eigenvalue weighted by Crippen LogP contribution is -2.41.